The van der Waals surface area contributed by atoms with Gasteiger partial charge in [0.1, 0.15) is 17.3 Å². The van der Waals surface area contributed by atoms with Crippen molar-refractivity contribution in [1.82, 2.24) is 0 Å². The lowest BCUT2D eigenvalue weighted by molar-refractivity contribution is -0.140. The molecule has 2 amide bonds. The van der Waals surface area contributed by atoms with E-state index < -0.39 is 41.1 Å². The predicted octanol–water partition coefficient (Wildman–Crippen LogP) is 10.8. The number of hydrogen-bond donors (Lipinski definition) is 4. The Kier molecular flexibility index (Phi) is 16.0. The van der Waals surface area contributed by atoms with Gasteiger partial charge in [-0.15, -0.1) is 0 Å². The van der Waals surface area contributed by atoms with E-state index in [1.165, 1.54) is 38.0 Å². The average Bonchev–Trinajstić information content (AvgIpc) is 3.23. The van der Waals surface area contributed by atoms with Crippen molar-refractivity contribution in [3.05, 3.63) is 185 Å². The van der Waals surface area contributed by atoms with Gasteiger partial charge in [0.05, 0.1) is 25.3 Å². The number of amides is 2. The van der Waals surface area contributed by atoms with E-state index in [4.69, 9.17) is 15.2 Å². The second-order valence-corrected chi connectivity index (χ2v) is 12.4. The number of methoxy groups -OCH3 is 2. The van der Waals surface area contributed by atoms with Crippen molar-refractivity contribution in [3.8, 4) is 11.5 Å². The number of halogens is 7. The zero-order valence-corrected chi connectivity index (χ0v) is 31.6. The van der Waals surface area contributed by atoms with E-state index in [2.05, 4.69) is 16.0 Å². The molecular formula is C44H39F7N4O4. The summed E-state index contributed by atoms with van der Waals surface area (Å²) in [4.78, 5) is 24.4. The van der Waals surface area contributed by atoms with Gasteiger partial charge in [-0.05, 0) is 71.8 Å². The molecule has 0 aromatic heterocycles. The summed E-state index contributed by atoms with van der Waals surface area (Å²) in [6, 6.07) is 37.5. The summed E-state index contributed by atoms with van der Waals surface area (Å²) in [5, 5.41) is 7.80. The Morgan fingerprint density at radius 3 is 1.46 bits per heavy atom. The molecule has 8 nitrogen and oxygen atoms in total. The van der Waals surface area contributed by atoms with Crippen LogP contribution in [0.2, 0.25) is 0 Å². The Labute approximate surface area is 335 Å². The normalized spacial score (nSPS) is 10.8. The van der Waals surface area contributed by atoms with Crippen molar-refractivity contribution in [1.29, 1.82) is 0 Å². The SMILES string of the molecule is COc1cccc(NC(=O)c2ccc(F)c(C(F)(F)F)c2)c1.COc1cccc(NC(=O)c2ccc(NCc3ccccc3)c(C(F)(F)F)c2)c1.NCc1ccccc1. The molecule has 0 spiro atoms. The third-order valence-electron chi connectivity index (χ3n) is 8.18. The van der Waals surface area contributed by atoms with Crippen LogP contribution in [0.1, 0.15) is 43.0 Å². The highest BCUT2D eigenvalue weighted by molar-refractivity contribution is 6.05. The van der Waals surface area contributed by atoms with Crippen molar-refractivity contribution in [2.24, 2.45) is 5.73 Å². The summed E-state index contributed by atoms with van der Waals surface area (Å²) >= 11 is 0. The first-order chi connectivity index (χ1) is 28.1. The molecule has 15 heteroatoms. The van der Waals surface area contributed by atoms with E-state index in [-0.39, 0.29) is 23.4 Å². The van der Waals surface area contributed by atoms with Crippen LogP contribution in [0.5, 0.6) is 11.5 Å². The zero-order chi connectivity index (χ0) is 43.0. The van der Waals surface area contributed by atoms with E-state index in [0.29, 0.717) is 41.6 Å². The van der Waals surface area contributed by atoms with Crippen LogP contribution >= 0.6 is 0 Å². The van der Waals surface area contributed by atoms with E-state index in [9.17, 15) is 40.3 Å². The van der Waals surface area contributed by atoms with E-state index in [1.807, 2.05) is 60.7 Å². The standard InChI is InChI=1S/C22H19F3N2O2.C15H11F4NO2.C7H9N/c1-29-18-9-5-8-17(13-18)27-21(28)16-10-11-20(19(12-16)22(23,24)25)26-14-15-6-3-2-4-7-15;1-22-11-4-2-3-10(8-11)20-14(21)9-5-6-13(16)12(7-9)15(17,18)19;8-6-7-4-2-1-3-5-7/h2-13,26H,14H2,1H3,(H,27,28);2-8H,1H3,(H,20,21);1-5H,6,8H2. The van der Waals surface area contributed by atoms with Crippen LogP contribution in [0.4, 0.5) is 47.8 Å². The molecule has 0 aliphatic carbocycles. The smallest absolute Gasteiger partial charge is 0.419 e. The third-order valence-corrected chi connectivity index (χ3v) is 8.18. The molecule has 0 aliphatic heterocycles. The Morgan fingerprint density at radius 2 is 1.02 bits per heavy atom. The molecule has 0 saturated carbocycles. The topological polar surface area (TPSA) is 115 Å². The van der Waals surface area contributed by atoms with Crippen molar-refractivity contribution < 1.29 is 49.8 Å². The lowest BCUT2D eigenvalue weighted by Gasteiger charge is -2.16. The highest BCUT2D eigenvalue weighted by atomic mass is 19.4. The average molecular weight is 821 g/mol. The summed E-state index contributed by atoms with van der Waals surface area (Å²) in [6.07, 6.45) is -9.47. The fraction of sp³-hybridized carbons (Fsp3) is 0.136. The van der Waals surface area contributed by atoms with Gasteiger partial charge in [-0.25, -0.2) is 4.39 Å². The summed E-state index contributed by atoms with van der Waals surface area (Å²) in [5.41, 5.74) is 5.31. The minimum Gasteiger partial charge on any atom is -0.497 e. The lowest BCUT2D eigenvalue weighted by Crippen LogP contribution is -2.16. The van der Waals surface area contributed by atoms with Gasteiger partial charge >= 0.3 is 12.4 Å². The minimum atomic E-state index is -4.86. The first-order valence-corrected chi connectivity index (χ1v) is 17.6. The van der Waals surface area contributed by atoms with Gasteiger partial charge in [0, 0.05) is 53.4 Å². The molecule has 0 atom stereocenters. The van der Waals surface area contributed by atoms with Crippen molar-refractivity contribution >= 4 is 28.9 Å². The summed E-state index contributed by atoms with van der Waals surface area (Å²) in [6.45, 7) is 0.875. The molecule has 0 aliphatic rings. The number of nitrogens with two attached hydrogens (primary N) is 1. The van der Waals surface area contributed by atoms with Gasteiger partial charge < -0.3 is 31.2 Å². The summed E-state index contributed by atoms with van der Waals surface area (Å²) < 4.78 is 102. The second kappa shape index (κ2) is 21.0. The molecule has 0 radical (unpaired) electrons. The van der Waals surface area contributed by atoms with Gasteiger partial charge in [0.2, 0.25) is 0 Å². The highest BCUT2D eigenvalue weighted by Crippen LogP contribution is 2.36. The molecule has 0 unspecified atom stereocenters. The minimum absolute atomic E-state index is 0.0840. The first kappa shape index (κ1) is 44.8. The van der Waals surface area contributed by atoms with Crippen LogP contribution in [0.3, 0.4) is 0 Å². The van der Waals surface area contributed by atoms with Crippen LogP contribution in [0.25, 0.3) is 0 Å². The quantitative estimate of drug-likeness (QED) is 0.102. The maximum Gasteiger partial charge on any atom is 0.419 e. The number of carbonyl (C=O) groups is 2. The number of ether oxygens (including phenoxy) is 2. The van der Waals surface area contributed by atoms with E-state index in [1.54, 1.807) is 42.5 Å². The fourth-order valence-electron chi connectivity index (χ4n) is 5.17. The molecule has 59 heavy (non-hydrogen) atoms. The molecule has 0 fully saturated rings. The first-order valence-electron chi connectivity index (χ1n) is 17.6. The lowest BCUT2D eigenvalue weighted by atomic mass is 10.1. The van der Waals surface area contributed by atoms with Crippen molar-refractivity contribution in [2.75, 3.05) is 30.2 Å². The number of benzene rings is 6. The maximum atomic E-state index is 13.6. The van der Waals surface area contributed by atoms with Crippen LogP contribution in [0, 0.1) is 5.82 Å². The summed E-state index contributed by atoms with van der Waals surface area (Å²) in [7, 11) is 2.92. The number of alkyl halides is 6. The number of anilines is 3. The van der Waals surface area contributed by atoms with Gasteiger partial charge in [0.25, 0.3) is 11.8 Å². The van der Waals surface area contributed by atoms with Gasteiger partial charge in [-0.2, -0.15) is 26.3 Å². The molecule has 6 aromatic rings. The molecule has 308 valence electrons. The molecule has 0 heterocycles. The Balaban J connectivity index is 0.000000225. The number of carbonyl (C=O) groups excluding carboxylic acids is 2. The fourth-order valence-corrected chi connectivity index (χ4v) is 5.17. The second-order valence-electron chi connectivity index (χ2n) is 12.4. The van der Waals surface area contributed by atoms with Crippen molar-refractivity contribution in [2.45, 2.75) is 25.4 Å². The maximum absolute atomic E-state index is 13.6. The zero-order valence-electron chi connectivity index (χ0n) is 31.6. The predicted molar refractivity (Wildman–Crippen MR) is 213 cm³/mol. The van der Waals surface area contributed by atoms with Crippen LogP contribution < -0.4 is 31.2 Å². The third kappa shape index (κ3) is 13.9. The van der Waals surface area contributed by atoms with Gasteiger partial charge in [-0.1, -0.05) is 72.8 Å². The Bertz CT molecular complexity index is 2290. The van der Waals surface area contributed by atoms with Crippen molar-refractivity contribution in [3.63, 3.8) is 0 Å². The molecule has 5 N–H and O–H groups in total. The molecular weight excluding hydrogens is 781 g/mol. The number of nitrogens with one attached hydrogen (secondary N) is 3. The highest BCUT2D eigenvalue weighted by Gasteiger charge is 2.35. The van der Waals surface area contributed by atoms with Gasteiger partial charge in [0.15, 0.2) is 0 Å². The largest absolute Gasteiger partial charge is 0.497 e. The van der Waals surface area contributed by atoms with Crippen LogP contribution in [0.15, 0.2) is 146 Å². The van der Waals surface area contributed by atoms with Crippen LogP contribution in [-0.4, -0.2) is 26.0 Å². The molecule has 6 rings (SSSR count). The Hall–Kier alpha value is -6.87. The number of hydrogen-bond acceptors (Lipinski definition) is 6. The van der Waals surface area contributed by atoms with E-state index >= 15 is 0 Å². The number of rotatable bonds is 10. The van der Waals surface area contributed by atoms with Gasteiger partial charge in [-0.3, -0.25) is 9.59 Å². The molecule has 6 aromatic carbocycles. The molecule has 0 bridgehead atoms. The summed E-state index contributed by atoms with van der Waals surface area (Å²) in [5.74, 6) is -1.84. The Morgan fingerprint density at radius 1 is 0.559 bits per heavy atom. The molecule has 0 saturated heterocycles. The van der Waals surface area contributed by atoms with E-state index in [0.717, 1.165) is 17.7 Å². The van der Waals surface area contributed by atoms with Crippen LogP contribution in [-0.2, 0) is 25.4 Å². The monoisotopic (exact) mass is 820 g/mol.